The van der Waals surface area contributed by atoms with Crippen molar-refractivity contribution in [2.24, 2.45) is 0 Å². The van der Waals surface area contributed by atoms with Crippen molar-refractivity contribution >= 4 is 15.2 Å². The molecule has 0 aliphatic rings. The normalized spacial score (nSPS) is 19.5. The molecule has 92 valence electrons. The van der Waals surface area contributed by atoms with Crippen LogP contribution in [0.1, 0.15) is 26.2 Å². The molecule has 0 fully saturated rings. The van der Waals surface area contributed by atoms with Crippen molar-refractivity contribution in [3.8, 4) is 0 Å². The van der Waals surface area contributed by atoms with Gasteiger partial charge in [0.05, 0.1) is 6.16 Å². The minimum Gasteiger partial charge on any atom is -0.312 e. The Balaban J connectivity index is 4.31. The third-order valence-electron chi connectivity index (χ3n) is 1.92. The summed E-state index contributed by atoms with van der Waals surface area (Å²) in [5, 5.41) is 0. The highest BCUT2D eigenvalue weighted by Gasteiger charge is 2.31. The van der Waals surface area contributed by atoms with E-state index in [1.807, 2.05) is 6.92 Å². The molecule has 5 nitrogen and oxygen atoms in total. The van der Waals surface area contributed by atoms with E-state index in [9.17, 15) is 9.13 Å². The Morgan fingerprint density at radius 3 is 2.07 bits per heavy atom. The zero-order valence-corrected chi connectivity index (χ0v) is 11.6. The predicted octanol–water partition coefficient (Wildman–Crippen LogP) is 3.50. The Labute approximate surface area is 91.6 Å². The zero-order valence-electron chi connectivity index (χ0n) is 9.76. The summed E-state index contributed by atoms with van der Waals surface area (Å²) in [6, 6.07) is 0. The van der Waals surface area contributed by atoms with Gasteiger partial charge in [0.15, 0.2) is 0 Å². The van der Waals surface area contributed by atoms with Crippen molar-refractivity contribution in [3.63, 3.8) is 0 Å². The molecule has 15 heavy (non-hydrogen) atoms. The average Bonchev–Trinajstić information content (AvgIpc) is 2.18. The van der Waals surface area contributed by atoms with E-state index in [4.69, 9.17) is 8.83 Å². The fourth-order valence-corrected chi connectivity index (χ4v) is 4.44. The molecule has 2 unspecified atom stereocenters. The van der Waals surface area contributed by atoms with Crippen LogP contribution in [-0.4, -0.2) is 27.0 Å². The first kappa shape index (κ1) is 15.3. The first-order valence-corrected chi connectivity index (χ1v) is 8.60. The maximum absolute atomic E-state index is 11.9. The third-order valence-corrected chi connectivity index (χ3v) is 6.18. The Morgan fingerprint density at radius 2 is 1.67 bits per heavy atom. The SMILES string of the molecule is CCCCCP(=O)(OC)OP(C)(=O)OC. The van der Waals surface area contributed by atoms with E-state index < -0.39 is 15.2 Å². The molecule has 0 radical (unpaired) electrons. The van der Waals surface area contributed by atoms with Gasteiger partial charge in [-0.1, -0.05) is 19.8 Å². The number of hydrogen-bond acceptors (Lipinski definition) is 5. The highest BCUT2D eigenvalue weighted by Crippen LogP contribution is 2.62. The largest absolute Gasteiger partial charge is 0.337 e. The smallest absolute Gasteiger partial charge is 0.312 e. The zero-order chi connectivity index (χ0) is 11.9. The predicted molar refractivity (Wildman–Crippen MR) is 60.6 cm³/mol. The molecular weight excluding hydrogens is 238 g/mol. The van der Waals surface area contributed by atoms with Crippen LogP contribution in [0, 0.1) is 0 Å². The molecule has 0 saturated carbocycles. The summed E-state index contributed by atoms with van der Waals surface area (Å²) in [5.74, 6) is 0. The van der Waals surface area contributed by atoms with E-state index in [1.165, 1.54) is 20.9 Å². The maximum atomic E-state index is 11.9. The highest BCUT2D eigenvalue weighted by atomic mass is 31.3. The van der Waals surface area contributed by atoms with Crippen molar-refractivity contribution in [3.05, 3.63) is 0 Å². The van der Waals surface area contributed by atoms with Crippen LogP contribution in [0.4, 0.5) is 0 Å². The second-order valence-corrected chi connectivity index (χ2v) is 7.85. The van der Waals surface area contributed by atoms with Gasteiger partial charge in [0.1, 0.15) is 0 Å². The standard InChI is InChI=1S/C8H20O5P2/c1-5-6-7-8-15(10,12-3)13-14(4,9)11-2/h5-8H2,1-4H3. The summed E-state index contributed by atoms with van der Waals surface area (Å²) < 4.78 is 37.8. The summed E-state index contributed by atoms with van der Waals surface area (Å²) in [7, 11) is -3.95. The van der Waals surface area contributed by atoms with Crippen LogP contribution in [0.15, 0.2) is 0 Å². The van der Waals surface area contributed by atoms with Crippen LogP contribution < -0.4 is 0 Å². The molecule has 0 aromatic heterocycles. The van der Waals surface area contributed by atoms with Crippen molar-refractivity contribution in [1.29, 1.82) is 0 Å². The summed E-state index contributed by atoms with van der Waals surface area (Å²) in [6.07, 6.45) is 2.96. The van der Waals surface area contributed by atoms with E-state index in [0.717, 1.165) is 19.3 Å². The molecule has 0 amide bonds. The van der Waals surface area contributed by atoms with Crippen LogP contribution >= 0.6 is 15.2 Å². The number of rotatable bonds is 8. The van der Waals surface area contributed by atoms with Gasteiger partial charge in [0.25, 0.3) is 0 Å². The summed E-state index contributed by atoms with van der Waals surface area (Å²) in [5.41, 5.74) is 0. The minimum atomic E-state index is -3.26. The molecule has 0 aliphatic heterocycles. The summed E-state index contributed by atoms with van der Waals surface area (Å²) in [4.78, 5) is 0. The second kappa shape index (κ2) is 6.82. The number of hydrogen-bond donors (Lipinski definition) is 0. The minimum absolute atomic E-state index is 0.276. The van der Waals surface area contributed by atoms with Gasteiger partial charge < -0.3 is 9.05 Å². The van der Waals surface area contributed by atoms with Gasteiger partial charge in [-0.15, -0.1) is 0 Å². The molecular formula is C8H20O5P2. The lowest BCUT2D eigenvalue weighted by Gasteiger charge is -2.19. The van der Waals surface area contributed by atoms with Crippen LogP contribution in [0.5, 0.6) is 0 Å². The number of unbranched alkanes of at least 4 members (excludes halogenated alkanes) is 2. The van der Waals surface area contributed by atoms with E-state index in [2.05, 4.69) is 4.52 Å². The van der Waals surface area contributed by atoms with Gasteiger partial charge in [-0.2, -0.15) is 0 Å². The lowest BCUT2D eigenvalue weighted by atomic mass is 10.3. The second-order valence-electron chi connectivity index (χ2n) is 3.26. The molecule has 0 spiro atoms. The quantitative estimate of drug-likeness (QED) is 0.492. The van der Waals surface area contributed by atoms with Gasteiger partial charge in [0.2, 0.25) is 0 Å². The van der Waals surface area contributed by atoms with Gasteiger partial charge in [0, 0.05) is 20.9 Å². The lowest BCUT2D eigenvalue weighted by molar-refractivity contribution is 0.279. The molecule has 0 saturated heterocycles. The molecule has 0 aromatic rings. The van der Waals surface area contributed by atoms with Gasteiger partial charge in [-0.25, -0.2) is 4.31 Å². The Morgan fingerprint density at radius 1 is 1.07 bits per heavy atom. The summed E-state index contributed by atoms with van der Waals surface area (Å²) in [6.45, 7) is 3.32. The molecule has 7 heteroatoms. The Bertz CT molecular complexity index is 266. The van der Waals surface area contributed by atoms with Gasteiger partial charge in [-0.3, -0.25) is 9.13 Å². The van der Waals surface area contributed by atoms with Crippen molar-refractivity contribution in [1.82, 2.24) is 0 Å². The average molecular weight is 258 g/mol. The molecule has 0 aliphatic carbocycles. The van der Waals surface area contributed by atoms with E-state index in [-0.39, 0.29) is 6.16 Å². The molecule has 0 aromatic carbocycles. The fraction of sp³-hybridized carbons (Fsp3) is 1.00. The van der Waals surface area contributed by atoms with Gasteiger partial charge in [-0.05, 0) is 6.42 Å². The Kier molecular flexibility index (Phi) is 6.98. The van der Waals surface area contributed by atoms with Crippen molar-refractivity contribution < 1.29 is 22.5 Å². The van der Waals surface area contributed by atoms with Crippen molar-refractivity contribution in [2.45, 2.75) is 26.2 Å². The lowest BCUT2D eigenvalue weighted by Crippen LogP contribution is -1.97. The molecule has 0 rings (SSSR count). The van der Waals surface area contributed by atoms with Crippen LogP contribution in [-0.2, 0) is 22.5 Å². The fourth-order valence-electron chi connectivity index (χ4n) is 0.980. The summed E-state index contributed by atoms with van der Waals surface area (Å²) >= 11 is 0. The maximum Gasteiger partial charge on any atom is 0.337 e. The van der Waals surface area contributed by atoms with E-state index in [1.54, 1.807) is 0 Å². The van der Waals surface area contributed by atoms with Crippen molar-refractivity contribution in [2.75, 3.05) is 27.0 Å². The molecule has 0 heterocycles. The topological polar surface area (TPSA) is 61.8 Å². The van der Waals surface area contributed by atoms with E-state index in [0.29, 0.717) is 0 Å². The van der Waals surface area contributed by atoms with Crippen LogP contribution in [0.3, 0.4) is 0 Å². The third kappa shape index (κ3) is 6.49. The Hall–Kier alpha value is 0.340. The monoisotopic (exact) mass is 258 g/mol. The molecule has 0 bridgehead atoms. The van der Waals surface area contributed by atoms with Crippen LogP contribution in [0.2, 0.25) is 0 Å². The first-order chi connectivity index (χ1) is 6.89. The van der Waals surface area contributed by atoms with E-state index >= 15 is 0 Å². The highest BCUT2D eigenvalue weighted by molar-refractivity contribution is 7.66. The molecule has 2 atom stereocenters. The molecule has 0 N–H and O–H groups in total. The van der Waals surface area contributed by atoms with Crippen LogP contribution in [0.25, 0.3) is 0 Å². The first-order valence-electron chi connectivity index (χ1n) is 4.88. The van der Waals surface area contributed by atoms with Gasteiger partial charge >= 0.3 is 15.2 Å².